The fourth-order valence-electron chi connectivity index (χ4n) is 1.50. The van der Waals surface area contributed by atoms with Crippen LogP contribution in [0.2, 0.25) is 0 Å². The summed E-state index contributed by atoms with van der Waals surface area (Å²) < 4.78 is 0. The van der Waals surface area contributed by atoms with Crippen LogP contribution in [0.3, 0.4) is 0 Å². The zero-order valence-corrected chi connectivity index (χ0v) is 10.6. The second-order valence-corrected chi connectivity index (χ2v) is 5.42. The van der Waals surface area contributed by atoms with E-state index in [0.717, 1.165) is 0 Å². The molecule has 0 nitrogen and oxygen atoms in total. The van der Waals surface area contributed by atoms with Crippen molar-refractivity contribution < 1.29 is 0 Å². The minimum absolute atomic E-state index is 0.510. The number of allylic oxidation sites excluding steroid dienone is 2. The second-order valence-electron chi connectivity index (χ2n) is 5.42. The monoisotopic (exact) mass is 196 g/mol. The van der Waals surface area contributed by atoms with E-state index in [4.69, 9.17) is 0 Å². The van der Waals surface area contributed by atoms with Crippen molar-refractivity contribution in [3.63, 3.8) is 0 Å². The van der Waals surface area contributed by atoms with Crippen molar-refractivity contribution in [2.75, 3.05) is 0 Å². The van der Waals surface area contributed by atoms with Gasteiger partial charge in [-0.25, -0.2) is 0 Å². The van der Waals surface area contributed by atoms with Crippen LogP contribution < -0.4 is 0 Å². The normalized spacial score (nSPS) is 12.6. The molecule has 0 radical (unpaired) electrons. The number of unbranched alkanes of at least 4 members (excludes halogenated alkanes) is 4. The third-order valence-electron chi connectivity index (χ3n) is 2.44. The van der Waals surface area contributed by atoms with E-state index < -0.39 is 0 Å². The molecule has 0 amide bonds. The molecule has 0 fully saturated rings. The van der Waals surface area contributed by atoms with Gasteiger partial charge in [0.15, 0.2) is 0 Å². The molecule has 14 heavy (non-hydrogen) atoms. The summed E-state index contributed by atoms with van der Waals surface area (Å²) in [4.78, 5) is 0. The third kappa shape index (κ3) is 11.7. The minimum atomic E-state index is 0.510. The van der Waals surface area contributed by atoms with Crippen molar-refractivity contribution in [1.29, 1.82) is 0 Å². The molecule has 0 aromatic rings. The highest BCUT2D eigenvalue weighted by molar-refractivity contribution is 4.81. The highest BCUT2D eigenvalue weighted by Gasteiger charge is 2.07. The van der Waals surface area contributed by atoms with E-state index >= 15 is 0 Å². The van der Waals surface area contributed by atoms with E-state index in [9.17, 15) is 0 Å². The summed E-state index contributed by atoms with van der Waals surface area (Å²) in [5.41, 5.74) is 0.510. The van der Waals surface area contributed by atoms with Crippen LogP contribution in [0.1, 0.15) is 72.6 Å². The Bertz CT molecular complexity index is 137. The molecule has 0 rings (SSSR count). The van der Waals surface area contributed by atoms with Gasteiger partial charge in [-0.2, -0.15) is 0 Å². The molecule has 0 atom stereocenters. The lowest BCUT2D eigenvalue weighted by Gasteiger charge is -2.16. The maximum atomic E-state index is 2.36. The minimum Gasteiger partial charge on any atom is -0.0885 e. The Labute approximate surface area is 90.8 Å². The number of rotatable bonds is 7. The summed E-state index contributed by atoms with van der Waals surface area (Å²) in [7, 11) is 0. The zero-order valence-electron chi connectivity index (χ0n) is 10.6. The molecule has 0 spiro atoms. The van der Waals surface area contributed by atoms with Gasteiger partial charge in [0.25, 0.3) is 0 Å². The third-order valence-corrected chi connectivity index (χ3v) is 2.44. The van der Waals surface area contributed by atoms with Crippen LogP contribution in [0, 0.1) is 5.41 Å². The second kappa shape index (κ2) is 8.08. The van der Waals surface area contributed by atoms with Crippen molar-refractivity contribution in [1.82, 2.24) is 0 Å². The predicted molar refractivity (Wildman–Crippen MR) is 66.6 cm³/mol. The summed E-state index contributed by atoms with van der Waals surface area (Å²) >= 11 is 0. The van der Waals surface area contributed by atoms with Crippen molar-refractivity contribution in [2.45, 2.75) is 72.6 Å². The van der Waals surface area contributed by atoms with Gasteiger partial charge in [-0.3, -0.25) is 0 Å². The average molecular weight is 196 g/mol. The topological polar surface area (TPSA) is 0 Å². The molecule has 0 heterocycles. The maximum absolute atomic E-state index is 2.36. The lowest BCUT2D eigenvalue weighted by molar-refractivity contribution is 0.367. The lowest BCUT2D eigenvalue weighted by Crippen LogP contribution is -2.03. The van der Waals surface area contributed by atoms with Gasteiger partial charge in [0.05, 0.1) is 0 Å². The highest BCUT2D eigenvalue weighted by Crippen LogP contribution is 2.21. The van der Waals surface area contributed by atoms with Crippen LogP contribution in [0.4, 0.5) is 0 Å². The number of hydrogen-bond donors (Lipinski definition) is 0. The Morgan fingerprint density at radius 3 is 1.93 bits per heavy atom. The van der Waals surface area contributed by atoms with Crippen molar-refractivity contribution in [2.24, 2.45) is 5.41 Å². The van der Waals surface area contributed by atoms with Crippen LogP contribution >= 0.6 is 0 Å². The predicted octanol–water partition coefficient (Wildman–Crippen LogP) is 5.34. The van der Waals surface area contributed by atoms with Crippen LogP contribution in [-0.2, 0) is 0 Å². The van der Waals surface area contributed by atoms with Gasteiger partial charge in [-0.05, 0) is 37.5 Å². The van der Waals surface area contributed by atoms with Gasteiger partial charge in [0.2, 0.25) is 0 Å². The Morgan fingerprint density at radius 2 is 1.43 bits per heavy atom. The van der Waals surface area contributed by atoms with E-state index in [1.807, 2.05) is 0 Å². The highest BCUT2D eigenvalue weighted by atomic mass is 14.1. The van der Waals surface area contributed by atoms with Gasteiger partial charge >= 0.3 is 0 Å². The van der Waals surface area contributed by atoms with Gasteiger partial charge in [-0.1, -0.05) is 52.7 Å². The quantitative estimate of drug-likeness (QED) is 0.381. The van der Waals surface area contributed by atoms with E-state index in [-0.39, 0.29) is 0 Å². The Morgan fingerprint density at radius 1 is 0.857 bits per heavy atom. The summed E-state index contributed by atoms with van der Waals surface area (Å²) in [6.45, 7) is 9.21. The molecule has 84 valence electrons. The standard InChI is InChI=1S/C14H28/c1-5-6-7-8-9-10-11-12-13-14(2,3)4/h9-10H,5-8,11-13H2,1-4H3/b10-9-. The molecule has 0 aliphatic rings. The van der Waals surface area contributed by atoms with Crippen LogP contribution in [0.15, 0.2) is 12.2 Å². The van der Waals surface area contributed by atoms with Gasteiger partial charge in [-0.15, -0.1) is 0 Å². The fraction of sp³-hybridized carbons (Fsp3) is 0.857. The number of hydrogen-bond acceptors (Lipinski definition) is 0. The van der Waals surface area contributed by atoms with Crippen molar-refractivity contribution in [3.8, 4) is 0 Å². The smallest absolute Gasteiger partial charge is 0.0351 e. The largest absolute Gasteiger partial charge is 0.0885 e. The molecular formula is C14H28. The molecular weight excluding hydrogens is 168 g/mol. The Hall–Kier alpha value is -0.260. The van der Waals surface area contributed by atoms with E-state index in [0.29, 0.717) is 5.41 Å². The fourth-order valence-corrected chi connectivity index (χ4v) is 1.50. The first-order valence-electron chi connectivity index (χ1n) is 6.21. The van der Waals surface area contributed by atoms with E-state index in [1.165, 1.54) is 44.9 Å². The SMILES string of the molecule is CCCCC/C=C\CCCC(C)(C)C. The lowest BCUT2D eigenvalue weighted by atomic mass is 9.90. The molecule has 0 heteroatoms. The van der Waals surface area contributed by atoms with Gasteiger partial charge in [0.1, 0.15) is 0 Å². The Balaban J connectivity index is 3.19. The summed E-state index contributed by atoms with van der Waals surface area (Å²) in [5.74, 6) is 0. The summed E-state index contributed by atoms with van der Waals surface area (Å²) in [6.07, 6.45) is 14.0. The molecule has 0 bridgehead atoms. The summed E-state index contributed by atoms with van der Waals surface area (Å²) in [5, 5.41) is 0. The molecule has 0 aliphatic carbocycles. The molecule has 0 saturated carbocycles. The molecule has 0 N–H and O–H groups in total. The molecule has 0 saturated heterocycles. The molecule has 0 aromatic carbocycles. The summed E-state index contributed by atoms with van der Waals surface area (Å²) in [6, 6.07) is 0. The molecule has 0 unspecified atom stereocenters. The Kier molecular flexibility index (Phi) is 7.93. The van der Waals surface area contributed by atoms with Crippen LogP contribution in [0.5, 0.6) is 0 Å². The van der Waals surface area contributed by atoms with E-state index in [1.54, 1.807) is 0 Å². The van der Waals surface area contributed by atoms with Crippen LogP contribution in [-0.4, -0.2) is 0 Å². The molecule has 0 aromatic heterocycles. The first-order valence-corrected chi connectivity index (χ1v) is 6.21. The first-order chi connectivity index (χ1) is 6.56. The van der Waals surface area contributed by atoms with Crippen molar-refractivity contribution in [3.05, 3.63) is 12.2 Å². The first kappa shape index (κ1) is 13.7. The van der Waals surface area contributed by atoms with Gasteiger partial charge in [0, 0.05) is 0 Å². The zero-order chi connectivity index (χ0) is 10.9. The van der Waals surface area contributed by atoms with Gasteiger partial charge < -0.3 is 0 Å². The van der Waals surface area contributed by atoms with Crippen molar-refractivity contribution >= 4 is 0 Å². The maximum Gasteiger partial charge on any atom is -0.0351 e. The molecule has 0 aliphatic heterocycles. The average Bonchev–Trinajstić information content (AvgIpc) is 2.08. The van der Waals surface area contributed by atoms with Crippen LogP contribution in [0.25, 0.3) is 0 Å². The van der Waals surface area contributed by atoms with E-state index in [2.05, 4.69) is 39.8 Å².